The summed E-state index contributed by atoms with van der Waals surface area (Å²) in [6, 6.07) is 18.8. The standard InChI is InChI=1S/C21H25Cl2N2O7PS.C19H21Cl2N2O7PS.Li.H2O/c1-3-32-21(26)12-25(13-33(27,28)29)34(30,31)16-6-4-5-14(7-16)18-10-24(2)11-19-17(18)8-15(22)9-20(19)23;1-22-8-16(15-6-13(20)7-18(21)17(15)9-22)12-3-2-4-14(5-12)32(29,30)23(10-19(24)25)11-31(26,27)28;;/h4-9,18H,3,10-13H2,1-2H3,(H2,27,28,29);2-7,16H,8-11H2,1H3,(H,24,25)(H2,26,27,28);;1H2/q;;+1;/p-1. The quantitative estimate of drug-likeness (QED) is 0.0650. The van der Waals surface area contributed by atoms with E-state index in [0.29, 0.717) is 61.7 Å². The van der Waals surface area contributed by atoms with Crippen molar-refractivity contribution < 1.29 is 89.3 Å². The number of rotatable bonds is 15. The number of benzene rings is 4. The Morgan fingerprint density at radius 1 is 0.691 bits per heavy atom. The number of hydrogen-bond acceptors (Lipinski definition) is 12. The SMILES string of the molecule is CCOC(=O)CN(CP(=O)(O)O)S(=O)(=O)c1cccc(C2CN(C)Cc3c(Cl)cc(Cl)cc32)c1.CN1Cc2c(Cl)cc(Cl)cc2C(c2cccc(S(=O)(=O)N(CC(=O)O)CP(=O)(O)O)c2)C1.[Li+].[OH-]. The zero-order valence-corrected chi connectivity index (χ0v) is 43.3. The van der Waals surface area contributed by atoms with Gasteiger partial charge >= 0.3 is 46.0 Å². The predicted octanol–water partition coefficient (Wildman–Crippen LogP) is 2.87. The molecule has 4 aromatic carbocycles. The van der Waals surface area contributed by atoms with Gasteiger partial charge in [-0.3, -0.25) is 18.7 Å². The van der Waals surface area contributed by atoms with Gasteiger partial charge in [-0.2, -0.15) is 8.61 Å². The second-order valence-corrected chi connectivity index (χ2v) is 24.4. The number of esters is 1. The van der Waals surface area contributed by atoms with Gasteiger partial charge in [0, 0.05) is 58.1 Å². The van der Waals surface area contributed by atoms with Crippen molar-refractivity contribution in [1.29, 1.82) is 0 Å². The normalized spacial score (nSPS) is 16.7. The van der Waals surface area contributed by atoms with Crippen molar-refractivity contribution in [3.05, 3.63) is 126 Å². The summed E-state index contributed by atoms with van der Waals surface area (Å²) in [6.45, 7) is 1.95. The maximum atomic E-state index is 13.3. The summed E-state index contributed by atoms with van der Waals surface area (Å²) in [5, 5.41) is 11.0. The fourth-order valence-corrected chi connectivity index (χ4v) is 14.2. The Morgan fingerprint density at radius 2 is 1.07 bits per heavy atom. The van der Waals surface area contributed by atoms with Crippen LogP contribution in [-0.2, 0) is 56.6 Å². The third-order valence-electron chi connectivity index (χ3n) is 10.4. The number of carbonyl (C=O) groups is 2. The van der Waals surface area contributed by atoms with E-state index in [1.165, 1.54) is 30.3 Å². The molecule has 0 radical (unpaired) electrons. The van der Waals surface area contributed by atoms with Gasteiger partial charge in [-0.1, -0.05) is 70.7 Å². The van der Waals surface area contributed by atoms with Gasteiger partial charge in [-0.05, 0) is 103 Å². The summed E-state index contributed by atoms with van der Waals surface area (Å²) in [4.78, 5) is 64.0. The van der Waals surface area contributed by atoms with Crippen LogP contribution in [0.2, 0.25) is 20.1 Å². The van der Waals surface area contributed by atoms with Crippen LogP contribution in [0.15, 0.2) is 82.6 Å². The molecule has 68 heavy (non-hydrogen) atoms. The molecule has 28 heteroatoms. The van der Waals surface area contributed by atoms with Crippen molar-refractivity contribution in [2.45, 2.75) is 41.6 Å². The van der Waals surface area contributed by atoms with Crippen LogP contribution >= 0.6 is 61.6 Å². The maximum absolute atomic E-state index is 13.3. The fraction of sp³-hybridized carbons (Fsp3) is 0.350. The van der Waals surface area contributed by atoms with E-state index in [2.05, 4.69) is 4.90 Å². The van der Waals surface area contributed by atoms with Crippen molar-refractivity contribution in [2.24, 2.45) is 0 Å². The Kier molecular flexibility index (Phi) is 21.4. The number of carboxylic acids is 1. The monoisotopic (exact) mass is 1100 g/mol. The first-order valence-electron chi connectivity index (χ1n) is 19.6. The van der Waals surface area contributed by atoms with Crippen molar-refractivity contribution in [3.63, 3.8) is 0 Å². The fourth-order valence-electron chi connectivity index (χ4n) is 7.68. The summed E-state index contributed by atoms with van der Waals surface area (Å²) in [5.74, 6) is -2.97. The third kappa shape index (κ3) is 15.5. The first-order chi connectivity index (χ1) is 30.6. The molecule has 0 aliphatic carbocycles. The van der Waals surface area contributed by atoms with Crippen LogP contribution in [0.4, 0.5) is 0 Å². The molecule has 2 unspecified atom stereocenters. The molecule has 2 atom stereocenters. The molecule has 19 nitrogen and oxygen atoms in total. The van der Waals surface area contributed by atoms with E-state index in [0.717, 1.165) is 22.3 Å². The number of hydrogen-bond donors (Lipinski definition) is 5. The van der Waals surface area contributed by atoms with E-state index < -0.39 is 72.8 Å². The van der Waals surface area contributed by atoms with E-state index in [1.54, 1.807) is 43.3 Å². The molecule has 2 heterocycles. The first-order valence-corrected chi connectivity index (χ1v) is 27.6. The topological polar surface area (TPSA) is 290 Å². The van der Waals surface area contributed by atoms with E-state index in [9.17, 15) is 55.1 Å². The smallest absolute Gasteiger partial charge is 0.870 e. The van der Waals surface area contributed by atoms with Crippen molar-refractivity contribution in [1.82, 2.24) is 18.4 Å². The van der Waals surface area contributed by atoms with Crippen molar-refractivity contribution in [3.8, 4) is 0 Å². The van der Waals surface area contributed by atoms with Gasteiger partial charge in [-0.15, -0.1) is 0 Å². The molecule has 0 aromatic heterocycles. The number of carboxylic acid groups (broad SMARTS) is 1. The van der Waals surface area contributed by atoms with Crippen molar-refractivity contribution >= 4 is 93.6 Å². The summed E-state index contributed by atoms with van der Waals surface area (Å²) < 4.78 is 81.3. The number of sulfonamides is 2. The molecule has 0 saturated carbocycles. The van der Waals surface area contributed by atoms with Gasteiger partial charge in [0.1, 0.15) is 25.7 Å². The summed E-state index contributed by atoms with van der Waals surface area (Å²) >= 11 is 25.2. The van der Waals surface area contributed by atoms with Crippen LogP contribution in [0.5, 0.6) is 0 Å². The molecule has 0 bridgehead atoms. The third-order valence-corrected chi connectivity index (χ3v) is 16.9. The maximum Gasteiger partial charge on any atom is 1.00 e. The number of carbonyl (C=O) groups excluding carboxylic acids is 1. The van der Waals surface area contributed by atoms with E-state index in [4.69, 9.17) is 56.2 Å². The average Bonchev–Trinajstić information content (AvgIpc) is 3.20. The van der Waals surface area contributed by atoms with E-state index >= 15 is 0 Å². The van der Waals surface area contributed by atoms with Crippen LogP contribution in [-0.4, -0.2) is 137 Å². The van der Waals surface area contributed by atoms with E-state index in [1.807, 2.05) is 25.1 Å². The van der Waals surface area contributed by atoms with Gasteiger partial charge < -0.3 is 44.7 Å². The summed E-state index contributed by atoms with van der Waals surface area (Å²) in [6.07, 6.45) is -2.40. The van der Waals surface area contributed by atoms with Gasteiger partial charge in [0.25, 0.3) is 0 Å². The van der Waals surface area contributed by atoms with Crippen LogP contribution in [0.3, 0.4) is 0 Å². The van der Waals surface area contributed by atoms with Gasteiger partial charge in [0.2, 0.25) is 20.0 Å². The number of likely N-dealkylation sites (N-methyl/N-ethyl adjacent to an activating group) is 2. The minimum absolute atomic E-state index is 0. The first kappa shape index (κ1) is 59.9. The molecular formula is C40H47Cl4LiN4O15P2S2. The molecule has 0 fully saturated rings. The molecule has 2 aliphatic rings. The summed E-state index contributed by atoms with van der Waals surface area (Å²) in [5.41, 5.74) is 4.76. The van der Waals surface area contributed by atoms with Crippen LogP contribution in [0.25, 0.3) is 0 Å². The second-order valence-electron chi connectivity index (χ2n) is 15.6. The number of nitrogens with zero attached hydrogens (tertiary/aromatic N) is 4. The molecule has 2 aliphatic heterocycles. The van der Waals surface area contributed by atoms with Crippen LogP contribution in [0, 0.1) is 0 Å². The molecule has 368 valence electrons. The summed E-state index contributed by atoms with van der Waals surface area (Å²) in [7, 11) is -14.8. The minimum Gasteiger partial charge on any atom is -0.870 e. The Bertz CT molecular complexity index is 2830. The van der Waals surface area contributed by atoms with Crippen LogP contribution < -0.4 is 18.9 Å². The van der Waals surface area contributed by atoms with Gasteiger partial charge in [-0.25, -0.2) is 16.8 Å². The molecular weight excluding hydrogens is 1050 g/mol. The number of ether oxygens (including phenoxy) is 1. The Morgan fingerprint density at radius 3 is 1.43 bits per heavy atom. The van der Waals surface area contributed by atoms with E-state index in [-0.39, 0.29) is 56.9 Å². The minimum atomic E-state index is -4.85. The number of halogens is 4. The molecule has 4 aromatic rings. The molecule has 0 spiro atoms. The Balaban J connectivity index is 0.000000351. The second kappa shape index (κ2) is 24.3. The Labute approximate surface area is 425 Å². The predicted molar refractivity (Wildman–Crippen MR) is 250 cm³/mol. The molecule has 6 rings (SSSR count). The molecule has 0 amide bonds. The number of aliphatic carboxylic acids is 1. The van der Waals surface area contributed by atoms with Crippen LogP contribution in [0.1, 0.15) is 52.1 Å². The zero-order valence-electron chi connectivity index (χ0n) is 36.8. The van der Waals surface area contributed by atoms with Gasteiger partial charge in [0.15, 0.2) is 0 Å². The largest absolute Gasteiger partial charge is 1.00 e. The Hall–Kier alpha value is -2.42. The molecule has 0 saturated heterocycles. The molecule has 6 N–H and O–H groups in total. The average molecular weight is 1100 g/mol. The zero-order chi connectivity index (χ0) is 49.1. The van der Waals surface area contributed by atoms with Gasteiger partial charge in [0.05, 0.1) is 16.4 Å². The van der Waals surface area contributed by atoms with Crippen molar-refractivity contribution in [2.75, 3.05) is 59.5 Å². The number of fused-ring (bicyclic) bond motifs is 2.